The van der Waals surface area contributed by atoms with E-state index in [2.05, 4.69) is 24.3 Å². The molecular weight excluding hydrogens is 360 g/mol. The summed E-state index contributed by atoms with van der Waals surface area (Å²) in [5, 5.41) is 0. The maximum atomic E-state index is 12.6. The average Bonchev–Trinajstić information content (AvgIpc) is 2.91. The molecule has 4 rings (SSSR count). The third kappa shape index (κ3) is 3.43. The Labute approximate surface area is 163 Å². The topological polar surface area (TPSA) is 57.7 Å². The molecule has 1 aliphatic carbocycles. The van der Waals surface area contributed by atoms with Crippen molar-refractivity contribution in [1.29, 1.82) is 0 Å². The zero-order valence-electron chi connectivity index (χ0n) is 15.5. The lowest BCUT2D eigenvalue weighted by Gasteiger charge is -2.43. The van der Waals surface area contributed by atoms with Crippen LogP contribution in [0.2, 0.25) is 0 Å². The quantitative estimate of drug-likeness (QED) is 0.445. The summed E-state index contributed by atoms with van der Waals surface area (Å²) in [5.74, 6) is -0.355. The molecule has 0 bridgehead atoms. The van der Waals surface area contributed by atoms with E-state index in [0.717, 1.165) is 5.56 Å². The molecule has 5 nitrogen and oxygen atoms in total. The van der Waals surface area contributed by atoms with Gasteiger partial charge in [-0.25, -0.2) is 0 Å². The molecule has 2 aliphatic heterocycles. The van der Waals surface area contributed by atoms with Gasteiger partial charge in [-0.05, 0) is 43.2 Å². The minimum atomic E-state index is -0.184. The summed E-state index contributed by atoms with van der Waals surface area (Å²) < 4.78 is 0. The van der Waals surface area contributed by atoms with E-state index in [1.54, 1.807) is 16.7 Å². The van der Waals surface area contributed by atoms with Crippen LogP contribution in [-0.2, 0) is 20.8 Å². The van der Waals surface area contributed by atoms with Crippen LogP contribution in [0.5, 0.6) is 0 Å². The highest BCUT2D eigenvalue weighted by Crippen LogP contribution is 2.37. The molecule has 27 heavy (non-hydrogen) atoms. The van der Waals surface area contributed by atoms with E-state index in [4.69, 9.17) is 0 Å². The SMILES string of the molecule is CSc1ccc(CCC(=O)N2CC(N3C(=O)C4CC=CCC4C3=O)C2)cc1. The maximum Gasteiger partial charge on any atom is 0.233 e. The standard InChI is InChI=1S/C21H24N2O3S/c1-27-16-9-6-14(7-10-16)8-11-19(24)22-12-15(13-22)23-20(25)17-4-2-3-5-18(17)21(23)26/h2-3,6-7,9-10,15,17-18H,4-5,8,11-13H2,1H3. The molecular formula is C21H24N2O3S. The van der Waals surface area contributed by atoms with Crippen LogP contribution < -0.4 is 0 Å². The number of benzene rings is 1. The second-order valence-corrected chi connectivity index (χ2v) is 8.38. The Morgan fingerprint density at radius 2 is 1.63 bits per heavy atom. The van der Waals surface area contributed by atoms with Gasteiger partial charge in [-0.2, -0.15) is 0 Å². The normalized spacial score (nSPS) is 24.9. The monoisotopic (exact) mass is 384 g/mol. The molecule has 0 aromatic heterocycles. The van der Waals surface area contributed by atoms with Gasteiger partial charge in [0.15, 0.2) is 0 Å². The van der Waals surface area contributed by atoms with Gasteiger partial charge in [0.2, 0.25) is 17.7 Å². The number of amides is 3. The molecule has 2 saturated heterocycles. The summed E-state index contributed by atoms with van der Waals surface area (Å²) in [7, 11) is 0. The minimum absolute atomic E-state index is 0.0414. The fraction of sp³-hybridized carbons (Fsp3) is 0.476. The number of carbonyl (C=O) groups excluding carboxylic acids is 3. The third-order valence-corrected chi connectivity index (χ3v) is 6.65. The van der Waals surface area contributed by atoms with Crippen LogP contribution in [0.3, 0.4) is 0 Å². The van der Waals surface area contributed by atoms with Gasteiger partial charge in [-0.15, -0.1) is 11.8 Å². The van der Waals surface area contributed by atoms with Gasteiger partial charge in [-0.1, -0.05) is 24.3 Å². The first kappa shape index (κ1) is 18.3. The van der Waals surface area contributed by atoms with Crippen LogP contribution in [0.4, 0.5) is 0 Å². The number of imide groups is 1. The van der Waals surface area contributed by atoms with Crippen LogP contribution in [-0.4, -0.2) is 52.9 Å². The first-order chi connectivity index (χ1) is 13.1. The molecule has 2 unspecified atom stereocenters. The van der Waals surface area contributed by atoms with E-state index in [1.807, 2.05) is 18.4 Å². The van der Waals surface area contributed by atoms with Crippen molar-refractivity contribution in [3.63, 3.8) is 0 Å². The Morgan fingerprint density at radius 1 is 1.04 bits per heavy atom. The van der Waals surface area contributed by atoms with E-state index in [9.17, 15) is 14.4 Å². The smallest absolute Gasteiger partial charge is 0.233 e. The number of hydrogen-bond donors (Lipinski definition) is 0. The summed E-state index contributed by atoms with van der Waals surface area (Å²) in [6.07, 6.45) is 8.54. The number of nitrogens with zero attached hydrogens (tertiary/aromatic N) is 2. The number of hydrogen-bond acceptors (Lipinski definition) is 4. The third-order valence-electron chi connectivity index (χ3n) is 5.91. The first-order valence-corrected chi connectivity index (χ1v) is 10.7. The summed E-state index contributed by atoms with van der Waals surface area (Å²) in [6.45, 7) is 0.961. The number of fused-ring (bicyclic) bond motifs is 1. The fourth-order valence-corrected chi connectivity index (χ4v) is 4.62. The van der Waals surface area contributed by atoms with Crippen LogP contribution in [0.15, 0.2) is 41.3 Å². The van der Waals surface area contributed by atoms with Gasteiger partial charge in [0, 0.05) is 24.4 Å². The highest BCUT2D eigenvalue weighted by Gasteiger charge is 2.52. The van der Waals surface area contributed by atoms with E-state index >= 15 is 0 Å². The van der Waals surface area contributed by atoms with Crippen molar-refractivity contribution in [2.75, 3.05) is 19.3 Å². The molecule has 2 heterocycles. The molecule has 0 saturated carbocycles. The lowest BCUT2D eigenvalue weighted by molar-refractivity contribution is -0.152. The highest BCUT2D eigenvalue weighted by molar-refractivity contribution is 7.98. The molecule has 0 N–H and O–H groups in total. The number of carbonyl (C=O) groups is 3. The van der Waals surface area contributed by atoms with Gasteiger partial charge >= 0.3 is 0 Å². The number of aryl methyl sites for hydroxylation is 1. The summed E-state index contributed by atoms with van der Waals surface area (Å²) in [4.78, 5) is 42.0. The lowest BCUT2D eigenvalue weighted by atomic mass is 9.85. The van der Waals surface area contributed by atoms with Gasteiger partial charge in [-0.3, -0.25) is 19.3 Å². The predicted molar refractivity (Wildman–Crippen MR) is 104 cm³/mol. The summed E-state index contributed by atoms with van der Waals surface area (Å²) >= 11 is 1.70. The molecule has 3 aliphatic rings. The van der Waals surface area contributed by atoms with Crippen molar-refractivity contribution in [1.82, 2.24) is 9.80 Å². The van der Waals surface area contributed by atoms with Crippen molar-refractivity contribution in [2.24, 2.45) is 11.8 Å². The maximum absolute atomic E-state index is 12.6. The zero-order chi connectivity index (χ0) is 19.0. The number of likely N-dealkylation sites (tertiary alicyclic amines) is 2. The molecule has 1 aromatic rings. The Bertz CT molecular complexity index is 757. The van der Waals surface area contributed by atoms with E-state index < -0.39 is 0 Å². The van der Waals surface area contributed by atoms with Crippen LogP contribution in [0.1, 0.15) is 24.8 Å². The van der Waals surface area contributed by atoms with Crippen LogP contribution >= 0.6 is 11.8 Å². The van der Waals surface area contributed by atoms with E-state index in [1.165, 1.54) is 9.80 Å². The Morgan fingerprint density at radius 3 is 2.19 bits per heavy atom. The second-order valence-electron chi connectivity index (χ2n) is 7.50. The fourth-order valence-electron chi connectivity index (χ4n) is 4.21. The highest BCUT2D eigenvalue weighted by atomic mass is 32.2. The first-order valence-electron chi connectivity index (χ1n) is 9.51. The van der Waals surface area contributed by atoms with Crippen molar-refractivity contribution < 1.29 is 14.4 Å². The minimum Gasteiger partial charge on any atom is -0.338 e. The van der Waals surface area contributed by atoms with Crippen molar-refractivity contribution >= 4 is 29.5 Å². The molecule has 2 atom stereocenters. The van der Waals surface area contributed by atoms with Gasteiger partial charge in [0.1, 0.15) is 0 Å². The van der Waals surface area contributed by atoms with Crippen molar-refractivity contribution in [2.45, 2.75) is 36.6 Å². The summed E-state index contributed by atoms with van der Waals surface area (Å²) in [5.41, 5.74) is 1.15. The molecule has 2 fully saturated rings. The average molecular weight is 385 g/mol. The molecule has 142 valence electrons. The second kappa shape index (κ2) is 7.50. The zero-order valence-corrected chi connectivity index (χ0v) is 16.3. The molecule has 6 heteroatoms. The van der Waals surface area contributed by atoms with Crippen molar-refractivity contribution in [3.05, 3.63) is 42.0 Å². The molecule has 0 radical (unpaired) electrons. The molecule has 3 amide bonds. The van der Waals surface area contributed by atoms with Crippen molar-refractivity contribution in [3.8, 4) is 0 Å². The van der Waals surface area contributed by atoms with Gasteiger partial charge < -0.3 is 4.90 Å². The number of thioether (sulfide) groups is 1. The Kier molecular flexibility index (Phi) is 5.08. The predicted octanol–water partition coefficient (Wildman–Crippen LogP) is 2.50. The Balaban J connectivity index is 1.28. The molecule has 1 aromatic carbocycles. The van der Waals surface area contributed by atoms with Crippen LogP contribution in [0.25, 0.3) is 0 Å². The number of rotatable bonds is 5. The van der Waals surface area contributed by atoms with Gasteiger partial charge in [0.25, 0.3) is 0 Å². The van der Waals surface area contributed by atoms with E-state index in [-0.39, 0.29) is 35.6 Å². The van der Waals surface area contributed by atoms with Gasteiger partial charge in [0.05, 0.1) is 17.9 Å². The van der Waals surface area contributed by atoms with E-state index in [0.29, 0.717) is 38.8 Å². The largest absolute Gasteiger partial charge is 0.338 e. The lowest BCUT2D eigenvalue weighted by Crippen LogP contribution is -2.62. The molecule has 0 spiro atoms. The summed E-state index contributed by atoms with van der Waals surface area (Å²) in [6, 6.07) is 8.14. The Hall–Kier alpha value is -2.08. The number of allylic oxidation sites excluding steroid dienone is 2. The van der Waals surface area contributed by atoms with Crippen LogP contribution in [0, 0.1) is 11.8 Å².